The van der Waals surface area contributed by atoms with Crippen LogP contribution in [-0.2, 0) is 9.59 Å². The number of rotatable bonds is 6. The summed E-state index contributed by atoms with van der Waals surface area (Å²) in [5.74, 6) is -0.455. The summed E-state index contributed by atoms with van der Waals surface area (Å²) in [6.07, 6.45) is 0. The predicted octanol–water partition coefficient (Wildman–Crippen LogP) is 3.00. The van der Waals surface area contributed by atoms with Gasteiger partial charge in [0.1, 0.15) is 23.0 Å². The second-order valence-corrected chi connectivity index (χ2v) is 4.59. The number of hydrogen-bond acceptors (Lipinski definition) is 6. The maximum absolute atomic E-state index is 11.7. The van der Waals surface area contributed by atoms with Gasteiger partial charge in [0, 0.05) is 0 Å². The molecule has 0 unspecified atom stereocenters. The Morgan fingerprint density at radius 2 is 0.917 bits per heavy atom. The SMILES string of the molecule is CCOc1ccc(OC(=O)C(=O)Oc2ccc(OCC)cc2)cc1. The van der Waals surface area contributed by atoms with Gasteiger partial charge in [0.2, 0.25) is 0 Å². The largest absolute Gasteiger partial charge is 0.494 e. The van der Waals surface area contributed by atoms with Crippen LogP contribution in [0.15, 0.2) is 48.5 Å². The van der Waals surface area contributed by atoms with Crippen LogP contribution in [0, 0.1) is 0 Å². The Morgan fingerprint density at radius 3 is 1.21 bits per heavy atom. The molecule has 2 rings (SSSR count). The number of ether oxygens (including phenoxy) is 4. The molecule has 0 saturated heterocycles. The van der Waals surface area contributed by atoms with Gasteiger partial charge >= 0.3 is 11.9 Å². The molecule has 0 fully saturated rings. The highest BCUT2D eigenvalue weighted by atomic mass is 16.6. The van der Waals surface area contributed by atoms with Gasteiger partial charge < -0.3 is 18.9 Å². The molecule has 0 radical (unpaired) electrons. The van der Waals surface area contributed by atoms with Gasteiger partial charge in [-0.1, -0.05) is 0 Å². The van der Waals surface area contributed by atoms with E-state index in [1.165, 1.54) is 24.3 Å². The molecule has 126 valence electrons. The highest BCUT2D eigenvalue weighted by Crippen LogP contribution is 2.19. The molecule has 2 aromatic carbocycles. The fraction of sp³-hybridized carbons (Fsp3) is 0.222. The van der Waals surface area contributed by atoms with Crippen LogP contribution in [0.1, 0.15) is 13.8 Å². The van der Waals surface area contributed by atoms with E-state index in [-0.39, 0.29) is 11.5 Å². The van der Waals surface area contributed by atoms with Crippen molar-refractivity contribution in [2.45, 2.75) is 13.8 Å². The quantitative estimate of drug-likeness (QED) is 0.461. The first-order valence-corrected chi connectivity index (χ1v) is 7.52. The zero-order chi connectivity index (χ0) is 17.4. The van der Waals surface area contributed by atoms with Crippen LogP contribution in [0.5, 0.6) is 23.0 Å². The van der Waals surface area contributed by atoms with Crippen molar-refractivity contribution in [2.24, 2.45) is 0 Å². The summed E-state index contributed by atoms with van der Waals surface area (Å²) in [5.41, 5.74) is 0. The number of esters is 2. The summed E-state index contributed by atoms with van der Waals surface area (Å²) in [5, 5.41) is 0. The third kappa shape index (κ3) is 5.01. The highest BCUT2D eigenvalue weighted by molar-refractivity contribution is 6.31. The van der Waals surface area contributed by atoms with E-state index in [9.17, 15) is 9.59 Å². The number of carbonyl (C=O) groups is 2. The smallest absolute Gasteiger partial charge is 0.423 e. The summed E-state index contributed by atoms with van der Waals surface area (Å²) in [6.45, 7) is 4.80. The molecule has 0 heterocycles. The second kappa shape index (κ2) is 8.57. The van der Waals surface area contributed by atoms with Crippen LogP contribution in [0.25, 0.3) is 0 Å². The van der Waals surface area contributed by atoms with Crippen molar-refractivity contribution < 1.29 is 28.5 Å². The molecule has 0 bridgehead atoms. The standard InChI is InChI=1S/C18H18O6/c1-3-21-13-5-9-15(10-6-13)23-17(19)18(20)24-16-11-7-14(8-12-16)22-4-2/h5-12H,3-4H2,1-2H3. The van der Waals surface area contributed by atoms with Crippen molar-refractivity contribution in [1.82, 2.24) is 0 Å². The van der Waals surface area contributed by atoms with Crippen LogP contribution in [0.3, 0.4) is 0 Å². The van der Waals surface area contributed by atoms with Gasteiger partial charge in [0.05, 0.1) is 13.2 Å². The lowest BCUT2D eigenvalue weighted by Crippen LogP contribution is -2.25. The number of hydrogen-bond donors (Lipinski definition) is 0. The molecule has 0 N–H and O–H groups in total. The molecule has 24 heavy (non-hydrogen) atoms. The van der Waals surface area contributed by atoms with Gasteiger partial charge in [-0.25, -0.2) is 9.59 Å². The Kier molecular flexibility index (Phi) is 6.19. The van der Waals surface area contributed by atoms with Gasteiger partial charge in [0.25, 0.3) is 0 Å². The maximum atomic E-state index is 11.7. The van der Waals surface area contributed by atoms with Crippen LogP contribution in [-0.4, -0.2) is 25.2 Å². The number of carbonyl (C=O) groups excluding carboxylic acids is 2. The first-order valence-electron chi connectivity index (χ1n) is 7.52. The molecule has 0 aromatic heterocycles. The first-order chi connectivity index (χ1) is 11.6. The Bertz CT molecular complexity index is 614. The molecule has 2 aromatic rings. The van der Waals surface area contributed by atoms with E-state index in [0.29, 0.717) is 24.7 Å². The third-order valence-electron chi connectivity index (χ3n) is 2.86. The summed E-state index contributed by atoms with van der Waals surface area (Å²) in [4.78, 5) is 23.5. The van der Waals surface area contributed by atoms with E-state index < -0.39 is 11.9 Å². The molecule has 6 nitrogen and oxygen atoms in total. The fourth-order valence-corrected chi connectivity index (χ4v) is 1.84. The normalized spacial score (nSPS) is 9.92. The van der Waals surface area contributed by atoms with Gasteiger partial charge in [0.15, 0.2) is 0 Å². The lowest BCUT2D eigenvalue weighted by atomic mass is 10.3. The van der Waals surface area contributed by atoms with E-state index >= 15 is 0 Å². The first kappa shape index (κ1) is 17.3. The average molecular weight is 330 g/mol. The van der Waals surface area contributed by atoms with Crippen molar-refractivity contribution in [1.29, 1.82) is 0 Å². The molecule has 0 saturated carbocycles. The van der Waals surface area contributed by atoms with Crippen molar-refractivity contribution in [2.75, 3.05) is 13.2 Å². The van der Waals surface area contributed by atoms with Gasteiger partial charge in [-0.2, -0.15) is 0 Å². The lowest BCUT2D eigenvalue weighted by molar-refractivity contribution is -0.156. The Balaban J connectivity index is 1.90. The zero-order valence-corrected chi connectivity index (χ0v) is 13.5. The van der Waals surface area contributed by atoms with Crippen LogP contribution in [0.2, 0.25) is 0 Å². The molecule has 0 aliphatic rings. The molecule has 0 aliphatic carbocycles. The minimum absolute atomic E-state index is 0.229. The molecular formula is C18H18O6. The van der Waals surface area contributed by atoms with E-state index in [2.05, 4.69) is 0 Å². The van der Waals surface area contributed by atoms with E-state index in [1.54, 1.807) is 24.3 Å². The third-order valence-corrected chi connectivity index (χ3v) is 2.86. The fourth-order valence-electron chi connectivity index (χ4n) is 1.84. The van der Waals surface area contributed by atoms with E-state index in [1.807, 2.05) is 13.8 Å². The molecule has 0 amide bonds. The van der Waals surface area contributed by atoms with Crippen molar-refractivity contribution in [3.05, 3.63) is 48.5 Å². The maximum Gasteiger partial charge on any atom is 0.423 e. The van der Waals surface area contributed by atoms with Crippen molar-refractivity contribution in [3.63, 3.8) is 0 Å². The summed E-state index contributed by atoms with van der Waals surface area (Å²) in [7, 11) is 0. The molecular weight excluding hydrogens is 312 g/mol. The monoisotopic (exact) mass is 330 g/mol. The van der Waals surface area contributed by atoms with Crippen LogP contribution >= 0.6 is 0 Å². The highest BCUT2D eigenvalue weighted by Gasteiger charge is 2.19. The van der Waals surface area contributed by atoms with Crippen molar-refractivity contribution >= 4 is 11.9 Å². The topological polar surface area (TPSA) is 71.1 Å². The van der Waals surface area contributed by atoms with Gasteiger partial charge in [-0.15, -0.1) is 0 Å². The molecule has 0 spiro atoms. The van der Waals surface area contributed by atoms with Crippen LogP contribution in [0.4, 0.5) is 0 Å². The van der Waals surface area contributed by atoms with Gasteiger partial charge in [-0.05, 0) is 62.4 Å². The van der Waals surface area contributed by atoms with Crippen molar-refractivity contribution in [3.8, 4) is 23.0 Å². The minimum atomic E-state index is -1.10. The average Bonchev–Trinajstić information content (AvgIpc) is 2.59. The molecule has 0 atom stereocenters. The lowest BCUT2D eigenvalue weighted by Gasteiger charge is -2.07. The summed E-state index contributed by atoms with van der Waals surface area (Å²) in [6, 6.07) is 12.7. The van der Waals surface area contributed by atoms with E-state index in [0.717, 1.165) is 0 Å². The second-order valence-electron chi connectivity index (χ2n) is 4.59. The Labute approximate surface area is 139 Å². The Hall–Kier alpha value is -3.02. The predicted molar refractivity (Wildman–Crippen MR) is 86.5 cm³/mol. The molecule has 6 heteroatoms. The van der Waals surface area contributed by atoms with Crippen LogP contribution < -0.4 is 18.9 Å². The summed E-state index contributed by atoms with van der Waals surface area (Å²) < 4.78 is 20.5. The zero-order valence-electron chi connectivity index (χ0n) is 13.5. The minimum Gasteiger partial charge on any atom is -0.494 e. The summed E-state index contributed by atoms with van der Waals surface area (Å²) >= 11 is 0. The number of benzene rings is 2. The molecule has 0 aliphatic heterocycles. The Morgan fingerprint density at radius 1 is 0.625 bits per heavy atom. The van der Waals surface area contributed by atoms with Gasteiger partial charge in [-0.3, -0.25) is 0 Å². The van der Waals surface area contributed by atoms with E-state index in [4.69, 9.17) is 18.9 Å².